The van der Waals surface area contributed by atoms with Gasteiger partial charge in [0, 0.05) is 39.3 Å². The quantitative estimate of drug-likeness (QED) is 0.779. The highest BCUT2D eigenvalue weighted by Gasteiger charge is 2.36. The zero-order valence-electron chi connectivity index (χ0n) is 16.9. The van der Waals surface area contributed by atoms with Gasteiger partial charge in [0.05, 0.1) is 6.20 Å². The van der Waals surface area contributed by atoms with Crippen LogP contribution < -0.4 is 5.32 Å². The summed E-state index contributed by atoms with van der Waals surface area (Å²) in [5.74, 6) is 0.721. The normalized spacial score (nSPS) is 23.4. The Bertz CT molecular complexity index is 682. The summed E-state index contributed by atoms with van der Waals surface area (Å²) in [6.07, 6.45) is 7.52. The molecule has 0 atom stereocenters. The van der Waals surface area contributed by atoms with Gasteiger partial charge in [-0.1, -0.05) is 29.9 Å². The number of carbonyl (C=O) groups is 2. The number of nitrogens with one attached hydrogen (secondary N) is 1. The topological polar surface area (TPSA) is 68.8 Å². The first kappa shape index (κ1) is 21.2. The summed E-state index contributed by atoms with van der Waals surface area (Å²) >= 11 is 7.23. The van der Waals surface area contributed by atoms with E-state index in [0.717, 1.165) is 44.4 Å². The molecule has 0 unspecified atom stereocenters. The Labute approximate surface area is 176 Å². The summed E-state index contributed by atoms with van der Waals surface area (Å²) in [4.78, 5) is 35.1. The number of nitrogens with zero attached hydrogens (tertiary/aromatic N) is 4. The maximum atomic E-state index is 13.2. The molecule has 0 spiro atoms. The van der Waals surface area contributed by atoms with E-state index in [9.17, 15) is 9.59 Å². The van der Waals surface area contributed by atoms with Crippen molar-refractivity contribution in [3.63, 3.8) is 0 Å². The summed E-state index contributed by atoms with van der Waals surface area (Å²) in [6.45, 7) is 3.64. The van der Waals surface area contributed by atoms with Gasteiger partial charge < -0.3 is 14.7 Å². The third kappa shape index (κ3) is 5.08. The summed E-state index contributed by atoms with van der Waals surface area (Å²) in [5, 5.41) is 3.47. The highest BCUT2D eigenvalue weighted by atomic mass is 35.5. The number of anilines is 1. The van der Waals surface area contributed by atoms with E-state index < -0.39 is 0 Å². The smallest absolute Gasteiger partial charge is 0.324 e. The van der Waals surface area contributed by atoms with Crippen LogP contribution in [0.1, 0.15) is 45.4 Å². The van der Waals surface area contributed by atoms with Gasteiger partial charge >= 0.3 is 12.1 Å². The third-order valence-corrected chi connectivity index (χ3v) is 6.85. The zero-order valence-corrected chi connectivity index (χ0v) is 18.4. The monoisotopic (exact) mass is 427 g/mol. The molecule has 1 aliphatic carbocycles. The molecule has 1 aromatic heterocycles. The van der Waals surface area contributed by atoms with E-state index in [2.05, 4.69) is 17.2 Å². The minimum Gasteiger partial charge on any atom is -0.331 e. The molecular weight excluding hydrogens is 398 g/mol. The SMILES string of the molecule is CN(C)C(=O)N1CCC(N(C(=O)Nc2ncc(Cl)s2)[C@H]2CC[C@H](C)CC2)CC1. The number of thiazole rings is 1. The van der Waals surface area contributed by atoms with Crippen LogP contribution in [0.2, 0.25) is 4.34 Å². The molecule has 2 fully saturated rings. The summed E-state index contributed by atoms with van der Waals surface area (Å²) in [7, 11) is 3.55. The average molecular weight is 428 g/mol. The highest BCUT2D eigenvalue weighted by molar-refractivity contribution is 7.19. The van der Waals surface area contributed by atoms with E-state index in [1.807, 2.05) is 9.80 Å². The van der Waals surface area contributed by atoms with E-state index >= 15 is 0 Å². The molecule has 4 amide bonds. The Morgan fingerprint density at radius 3 is 2.29 bits per heavy atom. The maximum Gasteiger partial charge on any atom is 0.324 e. The number of hydrogen-bond acceptors (Lipinski definition) is 4. The molecule has 1 saturated carbocycles. The van der Waals surface area contributed by atoms with Crippen LogP contribution in [-0.2, 0) is 0 Å². The van der Waals surface area contributed by atoms with Crippen molar-refractivity contribution in [2.45, 2.75) is 57.5 Å². The molecule has 7 nitrogen and oxygen atoms in total. The molecule has 1 aromatic rings. The Hall–Kier alpha value is -1.54. The molecule has 0 bridgehead atoms. The minimum atomic E-state index is -0.0945. The first-order chi connectivity index (χ1) is 13.3. The Balaban J connectivity index is 1.69. The van der Waals surface area contributed by atoms with Crippen molar-refractivity contribution < 1.29 is 9.59 Å². The number of urea groups is 2. The van der Waals surface area contributed by atoms with E-state index in [1.54, 1.807) is 25.2 Å². The predicted octanol–water partition coefficient (Wildman–Crippen LogP) is 4.36. The number of halogens is 1. The molecule has 0 aromatic carbocycles. The summed E-state index contributed by atoms with van der Waals surface area (Å²) in [5.41, 5.74) is 0. The second-order valence-electron chi connectivity index (χ2n) is 8.12. The van der Waals surface area contributed by atoms with Gasteiger partial charge in [-0.3, -0.25) is 5.32 Å². The standard InChI is InChI=1S/C19H30ClN5O2S/c1-13-4-6-14(7-5-13)25(18(26)22-17-21-12-16(20)28-17)15-8-10-24(11-9-15)19(27)23(2)3/h12-15H,4-11H2,1-3H3,(H,21,22,26)/t13-,14-. The van der Waals surface area contributed by atoms with E-state index in [-0.39, 0.29) is 24.1 Å². The fourth-order valence-electron chi connectivity index (χ4n) is 4.24. The predicted molar refractivity (Wildman–Crippen MR) is 113 cm³/mol. The summed E-state index contributed by atoms with van der Waals surface area (Å²) in [6, 6.07) is 0.328. The Morgan fingerprint density at radius 1 is 1.14 bits per heavy atom. The molecule has 156 valence electrons. The van der Waals surface area contributed by atoms with Crippen molar-refractivity contribution in [3.8, 4) is 0 Å². The molecule has 28 heavy (non-hydrogen) atoms. The highest BCUT2D eigenvalue weighted by Crippen LogP contribution is 2.32. The molecule has 1 N–H and O–H groups in total. The lowest BCUT2D eigenvalue weighted by atomic mass is 9.85. The fourth-order valence-corrected chi connectivity index (χ4v) is 5.04. The second-order valence-corrected chi connectivity index (χ2v) is 9.78. The van der Waals surface area contributed by atoms with Gasteiger partial charge in [-0.05, 0) is 44.4 Å². The molecule has 2 heterocycles. The third-order valence-electron chi connectivity index (χ3n) is 5.82. The maximum absolute atomic E-state index is 13.2. The molecule has 2 aliphatic rings. The molecule has 1 saturated heterocycles. The van der Waals surface area contributed by atoms with Crippen LogP contribution in [0.5, 0.6) is 0 Å². The van der Waals surface area contributed by atoms with Crippen molar-refractivity contribution in [2.75, 3.05) is 32.5 Å². The van der Waals surface area contributed by atoms with Crippen LogP contribution >= 0.6 is 22.9 Å². The van der Waals surface area contributed by atoms with Gasteiger partial charge in [0.2, 0.25) is 0 Å². The molecule has 3 rings (SSSR count). The number of carbonyl (C=O) groups excluding carboxylic acids is 2. The number of likely N-dealkylation sites (tertiary alicyclic amines) is 1. The van der Waals surface area contributed by atoms with Gasteiger partial charge in [0.15, 0.2) is 5.13 Å². The fraction of sp³-hybridized carbons (Fsp3) is 0.737. The molecule has 9 heteroatoms. The second kappa shape index (κ2) is 9.31. The van der Waals surface area contributed by atoms with Crippen molar-refractivity contribution in [3.05, 3.63) is 10.5 Å². The number of aromatic nitrogens is 1. The van der Waals surface area contributed by atoms with Crippen LogP contribution in [-0.4, -0.2) is 71.0 Å². The molecule has 0 radical (unpaired) electrons. The molecular formula is C19H30ClN5O2S. The number of piperidine rings is 1. The lowest BCUT2D eigenvalue weighted by Crippen LogP contribution is -2.55. The van der Waals surface area contributed by atoms with Gasteiger partial charge in [-0.15, -0.1) is 0 Å². The van der Waals surface area contributed by atoms with E-state index in [1.165, 1.54) is 11.3 Å². The lowest BCUT2D eigenvalue weighted by molar-refractivity contribution is 0.0842. The van der Waals surface area contributed by atoms with Gasteiger partial charge in [-0.2, -0.15) is 0 Å². The van der Waals surface area contributed by atoms with Crippen LogP contribution in [0.3, 0.4) is 0 Å². The van der Waals surface area contributed by atoms with Crippen LogP contribution in [0.15, 0.2) is 6.20 Å². The first-order valence-electron chi connectivity index (χ1n) is 10.0. The number of rotatable bonds is 3. The van der Waals surface area contributed by atoms with Gasteiger partial charge in [0.1, 0.15) is 4.34 Å². The van der Waals surface area contributed by atoms with Crippen molar-refractivity contribution in [1.29, 1.82) is 0 Å². The molecule has 1 aliphatic heterocycles. The average Bonchev–Trinajstić information content (AvgIpc) is 3.08. The zero-order chi connectivity index (χ0) is 20.3. The minimum absolute atomic E-state index is 0.0402. The largest absolute Gasteiger partial charge is 0.331 e. The lowest BCUT2D eigenvalue weighted by Gasteiger charge is -2.44. The first-order valence-corrected chi connectivity index (χ1v) is 11.2. The Kier molecular flexibility index (Phi) is 7.04. The van der Waals surface area contributed by atoms with Crippen molar-refractivity contribution >= 4 is 40.1 Å². The van der Waals surface area contributed by atoms with Crippen LogP contribution in [0.4, 0.5) is 14.7 Å². The van der Waals surface area contributed by atoms with Crippen molar-refractivity contribution in [2.24, 2.45) is 5.92 Å². The van der Waals surface area contributed by atoms with Gasteiger partial charge in [0.25, 0.3) is 0 Å². The van der Waals surface area contributed by atoms with Gasteiger partial charge in [-0.25, -0.2) is 14.6 Å². The van der Waals surface area contributed by atoms with Crippen molar-refractivity contribution in [1.82, 2.24) is 19.7 Å². The van der Waals surface area contributed by atoms with E-state index in [4.69, 9.17) is 11.6 Å². The van der Waals surface area contributed by atoms with E-state index in [0.29, 0.717) is 22.6 Å². The van der Waals surface area contributed by atoms with Crippen LogP contribution in [0, 0.1) is 5.92 Å². The summed E-state index contributed by atoms with van der Waals surface area (Å²) < 4.78 is 0.559. The number of amides is 4. The number of hydrogen-bond donors (Lipinski definition) is 1. The Morgan fingerprint density at radius 2 is 1.75 bits per heavy atom. The van der Waals surface area contributed by atoms with Crippen LogP contribution in [0.25, 0.3) is 0 Å².